The topological polar surface area (TPSA) is 48.7 Å². The molecule has 0 bridgehead atoms. The van der Waals surface area contributed by atoms with Gasteiger partial charge in [-0.2, -0.15) is 23.3 Å². The van der Waals surface area contributed by atoms with Gasteiger partial charge in [0.15, 0.2) is 0 Å². The first-order valence-electron chi connectivity index (χ1n) is 7.56. The van der Waals surface area contributed by atoms with Crippen molar-refractivity contribution in [3.63, 3.8) is 0 Å². The van der Waals surface area contributed by atoms with Crippen molar-refractivity contribution in [2.45, 2.75) is 18.3 Å². The second-order valence-corrected chi connectivity index (χ2v) is 7.27. The molecule has 3 aromatic rings. The summed E-state index contributed by atoms with van der Waals surface area (Å²) < 4.78 is 41.8. The molecule has 0 fully saturated rings. The van der Waals surface area contributed by atoms with Gasteiger partial charge < -0.3 is 5.11 Å². The molecule has 0 spiro atoms. The molecule has 0 aliphatic carbocycles. The van der Waals surface area contributed by atoms with Gasteiger partial charge in [-0.15, -0.1) is 0 Å². The number of alkyl halides is 3. The number of nitrogens with zero attached hydrogens (tertiary/aromatic N) is 3. The van der Waals surface area contributed by atoms with E-state index in [0.717, 1.165) is 11.3 Å². The van der Waals surface area contributed by atoms with E-state index in [9.17, 15) is 18.3 Å². The van der Waals surface area contributed by atoms with Gasteiger partial charge in [0.1, 0.15) is 0 Å². The fraction of sp³-hybridized carbons (Fsp3) is 0.176. The maximum Gasteiger partial charge on any atom is 0.438 e. The van der Waals surface area contributed by atoms with Gasteiger partial charge in [-0.25, -0.2) is 4.98 Å². The van der Waals surface area contributed by atoms with Crippen molar-refractivity contribution in [1.29, 1.82) is 0 Å². The molecule has 1 atom stereocenters. The van der Waals surface area contributed by atoms with Gasteiger partial charge in [-0.1, -0.05) is 47.2 Å². The molecule has 26 heavy (non-hydrogen) atoms. The van der Waals surface area contributed by atoms with Crippen LogP contribution in [0, 0.1) is 0 Å². The molecule has 1 aliphatic rings. The minimum atomic E-state index is -4.91. The van der Waals surface area contributed by atoms with Crippen LogP contribution in [0.3, 0.4) is 0 Å². The minimum Gasteiger partial charge on any atom is -0.362 e. The summed E-state index contributed by atoms with van der Waals surface area (Å²) in [7, 11) is 0. The number of benzene rings is 2. The molecule has 1 N–H and O–H groups in total. The molecule has 9 heteroatoms. The highest BCUT2D eigenvalue weighted by Crippen LogP contribution is 2.45. The van der Waals surface area contributed by atoms with Crippen LogP contribution in [0.2, 0.25) is 5.02 Å². The van der Waals surface area contributed by atoms with Crippen LogP contribution in [-0.4, -0.2) is 27.7 Å². The minimum absolute atomic E-state index is 0.0185. The first-order valence-corrected chi connectivity index (χ1v) is 8.76. The third-order valence-corrected chi connectivity index (χ3v) is 5.34. The van der Waals surface area contributed by atoms with Crippen molar-refractivity contribution < 1.29 is 18.3 Å². The molecule has 0 saturated carbocycles. The van der Waals surface area contributed by atoms with Crippen molar-refractivity contribution in [3.8, 4) is 0 Å². The first kappa shape index (κ1) is 17.3. The highest BCUT2D eigenvalue weighted by molar-refractivity contribution is 7.22. The number of para-hydroxylation sites is 1. The summed E-state index contributed by atoms with van der Waals surface area (Å²) in [6.07, 6.45) is -5.61. The zero-order valence-electron chi connectivity index (χ0n) is 13.0. The number of thiazole rings is 1. The summed E-state index contributed by atoms with van der Waals surface area (Å²) in [6, 6.07) is 13.2. The Labute approximate surface area is 155 Å². The molecule has 1 unspecified atom stereocenters. The monoisotopic (exact) mass is 397 g/mol. The zero-order valence-corrected chi connectivity index (χ0v) is 14.6. The number of rotatable bonds is 2. The molecule has 134 valence electrons. The van der Waals surface area contributed by atoms with Crippen molar-refractivity contribution in [1.82, 2.24) is 4.98 Å². The van der Waals surface area contributed by atoms with Gasteiger partial charge in [0.05, 0.1) is 22.3 Å². The average molecular weight is 398 g/mol. The lowest BCUT2D eigenvalue weighted by atomic mass is 10.0. The third-order valence-electron chi connectivity index (χ3n) is 4.08. The Morgan fingerprint density at radius 3 is 2.46 bits per heavy atom. The number of hydrogen-bond donors (Lipinski definition) is 1. The highest BCUT2D eigenvalue weighted by Gasteiger charge is 2.62. The van der Waals surface area contributed by atoms with E-state index < -0.39 is 18.3 Å². The number of aromatic nitrogens is 1. The number of hydrogen-bond acceptors (Lipinski definition) is 5. The SMILES string of the molecule is OC1(C(F)(F)F)CC(c2ccc(Cl)cc2)=NN1c1nc2ccccc2s1. The third kappa shape index (κ3) is 2.74. The van der Waals surface area contributed by atoms with Crippen LogP contribution >= 0.6 is 22.9 Å². The summed E-state index contributed by atoms with van der Waals surface area (Å²) in [5, 5.41) is 15.5. The fourth-order valence-corrected chi connectivity index (χ4v) is 3.83. The largest absolute Gasteiger partial charge is 0.438 e. The predicted molar refractivity (Wildman–Crippen MR) is 95.7 cm³/mol. The van der Waals surface area contributed by atoms with Gasteiger partial charge in [0.2, 0.25) is 5.13 Å². The lowest BCUT2D eigenvalue weighted by molar-refractivity contribution is -0.254. The van der Waals surface area contributed by atoms with Gasteiger partial charge in [0.25, 0.3) is 5.72 Å². The Morgan fingerprint density at radius 1 is 1.12 bits per heavy atom. The normalized spacial score (nSPS) is 20.7. The lowest BCUT2D eigenvalue weighted by Crippen LogP contribution is -2.55. The Kier molecular flexibility index (Phi) is 3.94. The van der Waals surface area contributed by atoms with Gasteiger partial charge in [0, 0.05) is 5.02 Å². The van der Waals surface area contributed by atoms with Crippen LogP contribution in [0.1, 0.15) is 12.0 Å². The first-order chi connectivity index (χ1) is 12.3. The van der Waals surface area contributed by atoms with E-state index in [-0.39, 0.29) is 10.8 Å². The Balaban J connectivity index is 1.83. The summed E-state index contributed by atoms with van der Waals surface area (Å²) >= 11 is 6.87. The molecule has 0 amide bonds. The summed E-state index contributed by atoms with van der Waals surface area (Å²) in [6.45, 7) is 0. The fourth-order valence-electron chi connectivity index (χ4n) is 2.72. The number of hydrazone groups is 1. The van der Waals surface area contributed by atoms with E-state index in [0.29, 0.717) is 25.8 Å². The average Bonchev–Trinajstić information content (AvgIpc) is 3.16. The molecule has 0 radical (unpaired) electrons. The van der Waals surface area contributed by atoms with Crippen molar-refractivity contribution >= 4 is 44.0 Å². The predicted octanol–water partition coefficient (Wildman–Crippen LogP) is 4.82. The van der Waals surface area contributed by atoms with Crippen LogP contribution in [0.4, 0.5) is 18.3 Å². The van der Waals surface area contributed by atoms with Crippen LogP contribution < -0.4 is 5.01 Å². The molecule has 2 heterocycles. The quantitative estimate of drug-likeness (QED) is 0.674. The number of anilines is 1. The van der Waals surface area contributed by atoms with Crippen LogP contribution in [-0.2, 0) is 0 Å². The van der Waals surface area contributed by atoms with Crippen LogP contribution in [0.25, 0.3) is 10.2 Å². The molecule has 4 nitrogen and oxygen atoms in total. The smallest absolute Gasteiger partial charge is 0.362 e. The molecule has 1 aromatic heterocycles. The Hall–Kier alpha value is -2.16. The van der Waals surface area contributed by atoms with E-state index in [1.165, 1.54) is 0 Å². The van der Waals surface area contributed by atoms with E-state index in [4.69, 9.17) is 11.6 Å². The molecular formula is C17H11ClF3N3OS. The lowest BCUT2D eigenvalue weighted by Gasteiger charge is -2.32. The van der Waals surface area contributed by atoms with Crippen LogP contribution in [0.15, 0.2) is 53.6 Å². The number of halogens is 4. The second-order valence-electron chi connectivity index (χ2n) is 5.82. The van der Waals surface area contributed by atoms with Gasteiger partial charge in [-0.05, 0) is 29.8 Å². The second kappa shape index (κ2) is 5.94. The maximum atomic E-state index is 13.7. The number of aliphatic hydroxyl groups is 1. The molecule has 0 saturated heterocycles. The molecule has 1 aliphatic heterocycles. The summed E-state index contributed by atoms with van der Waals surface area (Å²) in [5.41, 5.74) is -2.04. The molecule has 2 aromatic carbocycles. The van der Waals surface area contributed by atoms with E-state index in [2.05, 4.69) is 10.1 Å². The Bertz CT molecular complexity index is 969. The van der Waals surface area contributed by atoms with E-state index in [1.54, 1.807) is 48.5 Å². The standard InChI is InChI=1S/C17H11ClF3N3OS/c18-11-7-5-10(6-8-11)13-9-16(25,17(19,20)21)24(23-13)15-22-12-3-1-2-4-14(12)26-15/h1-8,25H,9H2. The van der Waals surface area contributed by atoms with E-state index >= 15 is 0 Å². The molecular weight excluding hydrogens is 387 g/mol. The van der Waals surface area contributed by atoms with Crippen molar-refractivity contribution in [3.05, 3.63) is 59.1 Å². The summed E-state index contributed by atoms with van der Waals surface area (Å²) in [5.74, 6) is 0. The van der Waals surface area contributed by atoms with Gasteiger partial charge in [-0.3, -0.25) is 0 Å². The Morgan fingerprint density at radius 2 is 1.81 bits per heavy atom. The van der Waals surface area contributed by atoms with Crippen molar-refractivity contribution in [2.24, 2.45) is 5.10 Å². The molecule has 4 rings (SSSR count). The highest BCUT2D eigenvalue weighted by atomic mass is 35.5. The van der Waals surface area contributed by atoms with E-state index in [1.807, 2.05) is 0 Å². The number of fused-ring (bicyclic) bond motifs is 1. The van der Waals surface area contributed by atoms with Crippen molar-refractivity contribution in [2.75, 3.05) is 5.01 Å². The van der Waals surface area contributed by atoms with Crippen LogP contribution in [0.5, 0.6) is 0 Å². The zero-order chi connectivity index (χ0) is 18.5. The summed E-state index contributed by atoms with van der Waals surface area (Å²) in [4.78, 5) is 4.20. The van der Waals surface area contributed by atoms with Gasteiger partial charge >= 0.3 is 6.18 Å². The maximum absolute atomic E-state index is 13.7.